The highest BCUT2D eigenvalue weighted by molar-refractivity contribution is 7.93. The van der Waals surface area contributed by atoms with Gasteiger partial charge in [0.15, 0.2) is 0 Å². The number of carbonyl (C=O) groups excluding carboxylic acids is 1. The largest absolute Gasteiger partial charge is 0.495 e. The van der Waals surface area contributed by atoms with E-state index in [0.717, 1.165) is 23.6 Å². The van der Waals surface area contributed by atoms with Crippen LogP contribution in [0.2, 0.25) is 10.0 Å². The van der Waals surface area contributed by atoms with Crippen molar-refractivity contribution < 1.29 is 26.4 Å². The van der Waals surface area contributed by atoms with Gasteiger partial charge in [0.25, 0.3) is 10.0 Å². The number of halogens is 2. The summed E-state index contributed by atoms with van der Waals surface area (Å²) in [5.41, 5.74) is 0.0893. The number of hydrogen-bond donors (Lipinski definition) is 1. The lowest BCUT2D eigenvalue weighted by atomic mass is 10.2. The Balaban J connectivity index is 1.68. The minimum atomic E-state index is -4.25. The minimum Gasteiger partial charge on any atom is -0.495 e. The van der Waals surface area contributed by atoms with Crippen LogP contribution in [-0.2, 0) is 24.8 Å². The quantitative estimate of drug-likeness (QED) is 0.364. The maximum absolute atomic E-state index is 13.6. The molecule has 0 atom stereocenters. The molecule has 1 fully saturated rings. The molecule has 0 aliphatic carbocycles. The minimum absolute atomic E-state index is 0.00727. The van der Waals surface area contributed by atoms with E-state index < -0.39 is 32.5 Å². The third-order valence-electron chi connectivity index (χ3n) is 6.22. The van der Waals surface area contributed by atoms with E-state index in [-0.39, 0.29) is 37.0 Å². The Labute approximate surface area is 238 Å². The molecule has 13 heteroatoms. The van der Waals surface area contributed by atoms with Crippen molar-refractivity contribution in [3.05, 3.63) is 76.8 Å². The number of sulfonamides is 2. The molecule has 1 heterocycles. The summed E-state index contributed by atoms with van der Waals surface area (Å²) in [4.78, 5) is 13.2. The second-order valence-corrected chi connectivity index (χ2v) is 13.4. The molecule has 1 N–H and O–H groups in total. The van der Waals surface area contributed by atoms with Gasteiger partial charge in [0.05, 0.1) is 38.3 Å². The molecular weight excluding hydrogens is 585 g/mol. The standard InChI is InChI=1S/C26H27Cl2N3O6S2/c1-37-24-14-13-20(38(33,34)30-15-6-3-7-16-30)17-22(24)29-25(32)18-31(23-12-8-11-21(27)26(23)28)39(35,36)19-9-4-2-5-10-19/h2,4-5,8-14,17H,3,6-7,15-16,18H2,1H3,(H,29,32). The SMILES string of the molecule is COc1ccc(S(=O)(=O)N2CCCCC2)cc1NC(=O)CN(c1cccc(Cl)c1Cl)S(=O)(=O)c1ccccc1. The predicted octanol–water partition coefficient (Wildman–Crippen LogP) is 5.01. The zero-order valence-electron chi connectivity index (χ0n) is 21.0. The lowest BCUT2D eigenvalue weighted by molar-refractivity contribution is -0.114. The van der Waals surface area contributed by atoms with Crippen molar-refractivity contribution in [1.82, 2.24) is 4.31 Å². The van der Waals surface area contributed by atoms with Crippen molar-refractivity contribution >= 4 is 60.5 Å². The first-order valence-corrected chi connectivity index (χ1v) is 15.7. The van der Waals surface area contributed by atoms with Gasteiger partial charge in [-0.25, -0.2) is 16.8 Å². The number of methoxy groups -OCH3 is 1. The van der Waals surface area contributed by atoms with Crippen LogP contribution in [0.5, 0.6) is 5.75 Å². The number of hydrogen-bond acceptors (Lipinski definition) is 6. The van der Waals surface area contributed by atoms with Crippen molar-refractivity contribution in [2.75, 3.05) is 36.4 Å². The van der Waals surface area contributed by atoms with E-state index in [4.69, 9.17) is 27.9 Å². The normalized spacial score (nSPS) is 14.5. The summed E-state index contributed by atoms with van der Waals surface area (Å²) in [7, 11) is -6.66. The molecule has 0 spiro atoms. The average molecular weight is 613 g/mol. The third kappa shape index (κ3) is 6.33. The van der Waals surface area contributed by atoms with Gasteiger partial charge in [-0.3, -0.25) is 9.10 Å². The van der Waals surface area contributed by atoms with Gasteiger partial charge >= 0.3 is 0 Å². The highest BCUT2D eigenvalue weighted by Crippen LogP contribution is 2.36. The van der Waals surface area contributed by atoms with Crippen LogP contribution < -0.4 is 14.4 Å². The first-order chi connectivity index (χ1) is 18.6. The Morgan fingerprint density at radius 3 is 2.28 bits per heavy atom. The molecular formula is C26H27Cl2N3O6S2. The van der Waals surface area contributed by atoms with Crippen LogP contribution in [0.4, 0.5) is 11.4 Å². The van der Waals surface area contributed by atoms with E-state index in [1.165, 1.54) is 59.9 Å². The summed E-state index contributed by atoms with van der Waals surface area (Å²) in [6, 6.07) is 16.2. The zero-order chi connectivity index (χ0) is 28.2. The van der Waals surface area contributed by atoms with E-state index in [1.54, 1.807) is 18.2 Å². The smallest absolute Gasteiger partial charge is 0.264 e. The molecule has 3 aromatic carbocycles. The fraction of sp³-hybridized carbons (Fsp3) is 0.269. The van der Waals surface area contributed by atoms with Crippen molar-refractivity contribution in [2.24, 2.45) is 0 Å². The van der Waals surface area contributed by atoms with Gasteiger partial charge in [-0.2, -0.15) is 4.31 Å². The second-order valence-electron chi connectivity index (χ2n) is 8.77. The predicted molar refractivity (Wildman–Crippen MR) is 152 cm³/mol. The summed E-state index contributed by atoms with van der Waals surface area (Å²) < 4.78 is 61.2. The fourth-order valence-electron chi connectivity index (χ4n) is 4.22. The van der Waals surface area contributed by atoms with Gasteiger partial charge in [0.1, 0.15) is 12.3 Å². The number of rotatable bonds is 9. The number of amides is 1. The number of nitrogens with one attached hydrogen (secondary N) is 1. The average Bonchev–Trinajstić information content (AvgIpc) is 2.94. The van der Waals surface area contributed by atoms with E-state index in [9.17, 15) is 21.6 Å². The van der Waals surface area contributed by atoms with Crippen LogP contribution in [0.25, 0.3) is 0 Å². The van der Waals surface area contributed by atoms with E-state index in [0.29, 0.717) is 13.1 Å². The summed E-state index contributed by atoms with van der Waals surface area (Å²) in [6.07, 6.45) is 2.52. The molecule has 1 aliphatic heterocycles. The van der Waals surface area contributed by atoms with Crippen molar-refractivity contribution in [3.63, 3.8) is 0 Å². The molecule has 0 unspecified atom stereocenters. The fourth-order valence-corrected chi connectivity index (χ4v) is 7.67. The van der Waals surface area contributed by atoms with Crippen molar-refractivity contribution in [2.45, 2.75) is 29.1 Å². The maximum Gasteiger partial charge on any atom is 0.264 e. The Morgan fingerprint density at radius 1 is 0.923 bits per heavy atom. The highest BCUT2D eigenvalue weighted by atomic mass is 35.5. The molecule has 0 bridgehead atoms. The van der Waals surface area contributed by atoms with Crippen molar-refractivity contribution in [3.8, 4) is 5.75 Å². The number of piperidine rings is 1. The second kappa shape index (κ2) is 12.1. The monoisotopic (exact) mass is 611 g/mol. The first-order valence-electron chi connectivity index (χ1n) is 12.1. The van der Waals surface area contributed by atoms with E-state index in [1.807, 2.05) is 0 Å². The molecule has 1 saturated heterocycles. The van der Waals surface area contributed by atoms with Crippen LogP contribution in [-0.4, -0.2) is 53.8 Å². The van der Waals surface area contributed by atoms with E-state index >= 15 is 0 Å². The molecule has 9 nitrogen and oxygen atoms in total. The molecule has 208 valence electrons. The summed E-state index contributed by atoms with van der Waals surface area (Å²) in [5, 5.41) is 2.67. The van der Waals surface area contributed by atoms with Gasteiger partial charge in [-0.05, 0) is 55.3 Å². The Morgan fingerprint density at radius 2 is 1.62 bits per heavy atom. The molecule has 4 rings (SSSR count). The lowest BCUT2D eigenvalue weighted by Gasteiger charge is -2.26. The number of nitrogens with zero attached hydrogens (tertiary/aromatic N) is 2. The Hall–Kier alpha value is -2.83. The van der Waals surface area contributed by atoms with Crippen LogP contribution in [0, 0.1) is 0 Å². The zero-order valence-corrected chi connectivity index (χ0v) is 24.2. The van der Waals surface area contributed by atoms with Crippen molar-refractivity contribution in [1.29, 1.82) is 0 Å². The number of ether oxygens (including phenoxy) is 1. The van der Waals surface area contributed by atoms with Crippen LogP contribution in [0.15, 0.2) is 76.5 Å². The Bertz CT molecular complexity index is 1560. The van der Waals surface area contributed by atoms with Gasteiger partial charge in [0, 0.05) is 13.1 Å². The first kappa shape index (κ1) is 29.2. The molecule has 3 aromatic rings. The van der Waals surface area contributed by atoms with Gasteiger partial charge in [-0.1, -0.05) is 53.9 Å². The van der Waals surface area contributed by atoms with Crippen LogP contribution >= 0.6 is 23.2 Å². The molecule has 39 heavy (non-hydrogen) atoms. The Kier molecular flexibility index (Phi) is 9.07. The van der Waals surface area contributed by atoms with Crippen LogP contribution in [0.1, 0.15) is 19.3 Å². The van der Waals surface area contributed by atoms with E-state index in [2.05, 4.69) is 5.32 Å². The lowest BCUT2D eigenvalue weighted by Crippen LogP contribution is -2.38. The molecule has 0 aromatic heterocycles. The number of anilines is 2. The van der Waals surface area contributed by atoms with Gasteiger partial charge < -0.3 is 10.1 Å². The van der Waals surface area contributed by atoms with Crippen LogP contribution in [0.3, 0.4) is 0 Å². The van der Waals surface area contributed by atoms with Gasteiger partial charge in [0.2, 0.25) is 15.9 Å². The molecule has 1 aliphatic rings. The number of benzene rings is 3. The molecule has 0 saturated carbocycles. The third-order valence-corrected chi connectivity index (χ3v) is 10.7. The number of carbonyl (C=O) groups is 1. The summed E-state index contributed by atoms with van der Waals surface area (Å²) in [5.74, 6) is -0.546. The maximum atomic E-state index is 13.6. The topological polar surface area (TPSA) is 113 Å². The summed E-state index contributed by atoms with van der Waals surface area (Å²) >= 11 is 12.5. The van der Waals surface area contributed by atoms with Gasteiger partial charge in [-0.15, -0.1) is 0 Å². The molecule has 1 amide bonds. The highest BCUT2D eigenvalue weighted by Gasteiger charge is 2.30. The molecule has 0 radical (unpaired) electrons. The summed E-state index contributed by atoms with van der Waals surface area (Å²) in [6.45, 7) is 0.162.